The molecule has 0 aromatic carbocycles. The van der Waals surface area contributed by atoms with E-state index >= 15 is 0 Å². The standard InChI is InChI=1S/C15H23NO5/c1-6-9(16-21-7-2)11-10(17)8-15(3,4)12(13(11)18)14(19)20-5/h12,18H,6-8H2,1-5H3. The van der Waals surface area contributed by atoms with Crippen molar-refractivity contribution >= 4 is 17.5 Å². The van der Waals surface area contributed by atoms with Crippen molar-refractivity contribution in [2.24, 2.45) is 16.5 Å². The number of ketones is 1. The van der Waals surface area contributed by atoms with Crippen LogP contribution in [-0.2, 0) is 19.2 Å². The highest BCUT2D eigenvalue weighted by atomic mass is 16.6. The fraction of sp³-hybridized carbons (Fsp3) is 0.667. The zero-order valence-electron chi connectivity index (χ0n) is 13.2. The summed E-state index contributed by atoms with van der Waals surface area (Å²) in [6, 6.07) is 0. The quantitative estimate of drug-likeness (QED) is 0.478. The zero-order valence-corrected chi connectivity index (χ0v) is 13.2. The summed E-state index contributed by atoms with van der Waals surface area (Å²) in [7, 11) is 1.26. The van der Waals surface area contributed by atoms with E-state index in [0.29, 0.717) is 18.7 Å². The van der Waals surface area contributed by atoms with Gasteiger partial charge in [0.1, 0.15) is 18.3 Å². The molecule has 1 rings (SSSR count). The van der Waals surface area contributed by atoms with Crippen molar-refractivity contribution in [1.29, 1.82) is 0 Å². The number of carbonyl (C=O) groups excluding carboxylic acids is 2. The molecule has 118 valence electrons. The topological polar surface area (TPSA) is 85.2 Å². The SMILES string of the molecule is CCON=C(CC)C1=C(O)C(C(=O)OC)C(C)(C)CC1=O. The number of allylic oxidation sites excluding steroid dienone is 1. The molecule has 1 aliphatic carbocycles. The van der Waals surface area contributed by atoms with Crippen LogP contribution in [0.5, 0.6) is 0 Å². The third-order valence-electron chi connectivity index (χ3n) is 3.57. The third-order valence-corrected chi connectivity index (χ3v) is 3.57. The molecule has 1 N–H and O–H groups in total. The molecule has 0 aromatic rings. The molecule has 1 aliphatic rings. The number of nitrogens with zero attached hydrogens (tertiary/aromatic N) is 1. The number of oxime groups is 1. The molecule has 21 heavy (non-hydrogen) atoms. The molecule has 0 spiro atoms. The normalized spacial score (nSPS) is 22.2. The molecule has 0 saturated heterocycles. The van der Waals surface area contributed by atoms with Crippen LogP contribution in [0.3, 0.4) is 0 Å². The van der Waals surface area contributed by atoms with Crippen LogP contribution >= 0.6 is 0 Å². The summed E-state index contributed by atoms with van der Waals surface area (Å²) in [5.74, 6) is -1.95. The summed E-state index contributed by atoms with van der Waals surface area (Å²) in [6.45, 7) is 7.44. The van der Waals surface area contributed by atoms with Crippen molar-refractivity contribution in [3.63, 3.8) is 0 Å². The van der Waals surface area contributed by atoms with Crippen LogP contribution in [-0.4, -0.2) is 36.3 Å². The number of aliphatic hydroxyl groups is 1. The number of aliphatic hydroxyl groups excluding tert-OH is 1. The molecule has 0 aliphatic heterocycles. The van der Waals surface area contributed by atoms with Crippen LogP contribution in [0.15, 0.2) is 16.5 Å². The first kappa shape index (κ1) is 17.2. The van der Waals surface area contributed by atoms with Crippen LogP contribution in [0.25, 0.3) is 0 Å². The van der Waals surface area contributed by atoms with Gasteiger partial charge in [-0.05, 0) is 18.8 Å². The highest BCUT2D eigenvalue weighted by Gasteiger charge is 2.47. The van der Waals surface area contributed by atoms with E-state index in [1.807, 2.05) is 0 Å². The number of carbonyl (C=O) groups is 2. The molecule has 0 fully saturated rings. The summed E-state index contributed by atoms with van der Waals surface area (Å²) in [6.07, 6.45) is 0.552. The van der Waals surface area contributed by atoms with Gasteiger partial charge in [0.25, 0.3) is 0 Å². The summed E-state index contributed by atoms with van der Waals surface area (Å²) in [4.78, 5) is 29.3. The lowest BCUT2D eigenvalue weighted by molar-refractivity contribution is -0.150. The predicted octanol–water partition coefficient (Wildman–Crippen LogP) is 2.39. The average molecular weight is 297 g/mol. The van der Waals surface area contributed by atoms with Crippen molar-refractivity contribution in [1.82, 2.24) is 0 Å². The summed E-state index contributed by atoms with van der Waals surface area (Å²) in [5.41, 5.74) is -0.271. The number of Topliss-reactive ketones (excluding diaryl/α,β-unsaturated/α-hetero) is 1. The van der Waals surface area contributed by atoms with Crippen molar-refractivity contribution in [3.8, 4) is 0 Å². The minimum Gasteiger partial charge on any atom is -0.511 e. The van der Waals surface area contributed by atoms with Gasteiger partial charge in [-0.3, -0.25) is 9.59 Å². The first-order valence-electron chi connectivity index (χ1n) is 7.03. The van der Waals surface area contributed by atoms with Gasteiger partial charge in [-0.25, -0.2) is 0 Å². The number of esters is 1. The van der Waals surface area contributed by atoms with Gasteiger partial charge in [-0.15, -0.1) is 0 Å². The fourth-order valence-electron chi connectivity index (χ4n) is 2.55. The zero-order chi connectivity index (χ0) is 16.2. The Balaban J connectivity index is 3.39. The Kier molecular flexibility index (Phi) is 5.52. The maximum absolute atomic E-state index is 12.3. The lowest BCUT2D eigenvalue weighted by Crippen LogP contribution is -2.41. The summed E-state index contributed by atoms with van der Waals surface area (Å²) >= 11 is 0. The monoisotopic (exact) mass is 297 g/mol. The van der Waals surface area contributed by atoms with Gasteiger partial charge >= 0.3 is 5.97 Å². The van der Waals surface area contributed by atoms with Crippen molar-refractivity contribution in [2.45, 2.75) is 40.5 Å². The van der Waals surface area contributed by atoms with E-state index in [-0.39, 0.29) is 23.5 Å². The molecule has 0 radical (unpaired) electrons. The Morgan fingerprint density at radius 2 is 2.05 bits per heavy atom. The minimum absolute atomic E-state index is 0.0840. The van der Waals surface area contributed by atoms with E-state index in [2.05, 4.69) is 5.16 Å². The van der Waals surface area contributed by atoms with E-state index in [1.165, 1.54) is 7.11 Å². The van der Waals surface area contributed by atoms with Gasteiger partial charge in [0.05, 0.1) is 18.4 Å². The Morgan fingerprint density at radius 1 is 1.43 bits per heavy atom. The number of methoxy groups -OCH3 is 1. The summed E-state index contributed by atoms with van der Waals surface area (Å²) in [5, 5.41) is 14.3. The number of rotatable bonds is 5. The first-order valence-corrected chi connectivity index (χ1v) is 7.03. The van der Waals surface area contributed by atoms with Crippen LogP contribution in [0, 0.1) is 11.3 Å². The fourth-order valence-corrected chi connectivity index (χ4v) is 2.55. The molecule has 1 atom stereocenters. The molecule has 0 amide bonds. The second-order valence-electron chi connectivity index (χ2n) is 5.61. The van der Waals surface area contributed by atoms with Crippen molar-refractivity contribution in [2.75, 3.05) is 13.7 Å². The Hall–Kier alpha value is -1.85. The van der Waals surface area contributed by atoms with Crippen LogP contribution in [0.1, 0.15) is 40.5 Å². The van der Waals surface area contributed by atoms with Crippen LogP contribution in [0.4, 0.5) is 0 Å². The van der Waals surface area contributed by atoms with Crippen molar-refractivity contribution in [3.05, 3.63) is 11.3 Å². The molecule has 6 heteroatoms. The number of hydrogen-bond donors (Lipinski definition) is 1. The van der Waals surface area contributed by atoms with Gasteiger partial charge in [-0.1, -0.05) is 25.9 Å². The molecule has 0 heterocycles. The average Bonchev–Trinajstić information content (AvgIpc) is 2.40. The number of hydrogen-bond acceptors (Lipinski definition) is 6. The highest BCUT2D eigenvalue weighted by molar-refractivity contribution is 6.23. The molecule has 0 bridgehead atoms. The molecule has 1 unspecified atom stereocenters. The second kappa shape index (κ2) is 6.74. The van der Waals surface area contributed by atoms with Gasteiger partial charge < -0.3 is 14.7 Å². The van der Waals surface area contributed by atoms with Crippen LogP contribution < -0.4 is 0 Å². The maximum atomic E-state index is 12.3. The van der Waals surface area contributed by atoms with E-state index in [0.717, 1.165) is 0 Å². The predicted molar refractivity (Wildman–Crippen MR) is 77.9 cm³/mol. The molecular formula is C15H23NO5. The molecule has 0 saturated carbocycles. The van der Waals surface area contributed by atoms with Crippen LogP contribution in [0.2, 0.25) is 0 Å². The molecule has 6 nitrogen and oxygen atoms in total. The van der Waals surface area contributed by atoms with E-state index in [9.17, 15) is 14.7 Å². The second-order valence-corrected chi connectivity index (χ2v) is 5.61. The lowest BCUT2D eigenvalue weighted by atomic mass is 9.67. The Bertz CT molecular complexity index is 490. The smallest absolute Gasteiger partial charge is 0.316 e. The largest absolute Gasteiger partial charge is 0.511 e. The Labute approximate surface area is 124 Å². The third kappa shape index (κ3) is 3.43. The lowest BCUT2D eigenvalue weighted by Gasteiger charge is -2.36. The van der Waals surface area contributed by atoms with Gasteiger partial charge in [0.15, 0.2) is 5.78 Å². The van der Waals surface area contributed by atoms with Crippen molar-refractivity contribution < 1.29 is 24.3 Å². The van der Waals surface area contributed by atoms with E-state index in [1.54, 1.807) is 27.7 Å². The molecular weight excluding hydrogens is 274 g/mol. The number of ether oxygens (including phenoxy) is 1. The highest BCUT2D eigenvalue weighted by Crippen LogP contribution is 2.42. The van der Waals surface area contributed by atoms with E-state index in [4.69, 9.17) is 9.57 Å². The Morgan fingerprint density at radius 3 is 2.52 bits per heavy atom. The minimum atomic E-state index is -0.881. The van der Waals surface area contributed by atoms with Gasteiger partial charge in [0.2, 0.25) is 0 Å². The van der Waals surface area contributed by atoms with Gasteiger partial charge in [-0.2, -0.15) is 0 Å². The summed E-state index contributed by atoms with van der Waals surface area (Å²) < 4.78 is 4.76. The first-order chi connectivity index (χ1) is 9.80. The van der Waals surface area contributed by atoms with E-state index < -0.39 is 17.3 Å². The maximum Gasteiger partial charge on any atom is 0.316 e. The van der Waals surface area contributed by atoms with Gasteiger partial charge in [0, 0.05) is 6.42 Å². The molecule has 0 aromatic heterocycles.